The Hall–Kier alpha value is -1.33. The Labute approximate surface area is 115 Å². The van der Waals surface area contributed by atoms with Gasteiger partial charge in [0, 0.05) is 6.04 Å². The predicted molar refractivity (Wildman–Crippen MR) is 76.3 cm³/mol. The third kappa shape index (κ3) is 8.40. The molecule has 1 fully saturated rings. The molecule has 0 unspecified atom stereocenters. The molecule has 6 heteroatoms. The number of hydrazone groups is 1. The third-order valence-corrected chi connectivity index (χ3v) is 3.65. The van der Waals surface area contributed by atoms with Gasteiger partial charge in [-0.1, -0.05) is 57.8 Å². The van der Waals surface area contributed by atoms with Crippen molar-refractivity contribution in [3.05, 3.63) is 10.1 Å². The van der Waals surface area contributed by atoms with Crippen molar-refractivity contribution in [3.8, 4) is 0 Å². The van der Waals surface area contributed by atoms with Gasteiger partial charge in [-0.05, 0) is 12.8 Å². The highest BCUT2D eigenvalue weighted by Gasteiger charge is 2.11. The minimum Gasteiger partial charge on any atom is -0.365 e. The van der Waals surface area contributed by atoms with E-state index in [0.29, 0.717) is 0 Å². The number of rotatable bonds is 2. The van der Waals surface area contributed by atoms with E-state index in [4.69, 9.17) is 5.73 Å². The Morgan fingerprint density at radius 3 is 1.84 bits per heavy atom. The van der Waals surface area contributed by atoms with Crippen molar-refractivity contribution >= 4 is 5.96 Å². The molecule has 0 radical (unpaired) electrons. The second-order valence-electron chi connectivity index (χ2n) is 5.32. The van der Waals surface area contributed by atoms with Crippen molar-refractivity contribution in [3.63, 3.8) is 0 Å². The van der Waals surface area contributed by atoms with Crippen LogP contribution in [0.1, 0.15) is 70.6 Å². The van der Waals surface area contributed by atoms with Crippen LogP contribution < -0.4 is 11.1 Å². The molecule has 6 nitrogen and oxygen atoms in total. The Balaban J connectivity index is 2.40. The Morgan fingerprint density at radius 2 is 1.42 bits per heavy atom. The number of nitrogens with zero attached hydrogens (tertiary/aromatic N) is 2. The van der Waals surface area contributed by atoms with Crippen molar-refractivity contribution in [2.45, 2.75) is 76.7 Å². The van der Waals surface area contributed by atoms with Crippen molar-refractivity contribution in [1.82, 2.24) is 5.32 Å². The highest BCUT2D eigenvalue weighted by molar-refractivity contribution is 5.77. The molecule has 0 saturated heterocycles. The molecule has 19 heavy (non-hydrogen) atoms. The Bertz CT molecular complexity index is 282. The quantitative estimate of drug-likeness (QED) is 0.349. The lowest BCUT2D eigenvalue weighted by molar-refractivity contribution is -0.485. The Kier molecular flexibility index (Phi) is 7.93. The summed E-state index contributed by atoms with van der Waals surface area (Å²) >= 11 is 0. The maximum Gasteiger partial charge on any atom is 0.266 e. The zero-order valence-corrected chi connectivity index (χ0v) is 11.6. The van der Waals surface area contributed by atoms with Crippen LogP contribution in [-0.4, -0.2) is 17.0 Å². The van der Waals surface area contributed by atoms with Crippen LogP contribution in [-0.2, 0) is 0 Å². The number of nitrogens with one attached hydrogen (secondary N) is 1. The Morgan fingerprint density at radius 1 is 1.00 bits per heavy atom. The van der Waals surface area contributed by atoms with Crippen LogP contribution in [0.4, 0.5) is 0 Å². The van der Waals surface area contributed by atoms with Crippen LogP contribution in [0.2, 0.25) is 0 Å². The van der Waals surface area contributed by atoms with Gasteiger partial charge in [0.15, 0.2) is 5.03 Å². The van der Waals surface area contributed by atoms with E-state index >= 15 is 0 Å². The molecule has 0 aliphatic heterocycles. The molecule has 0 aromatic carbocycles. The van der Waals surface area contributed by atoms with Gasteiger partial charge in [0.25, 0.3) is 5.96 Å². The summed E-state index contributed by atoms with van der Waals surface area (Å²) in [5, 5.41) is 15.6. The van der Waals surface area contributed by atoms with E-state index in [2.05, 4.69) is 10.4 Å². The highest BCUT2D eigenvalue weighted by Crippen LogP contribution is 2.16. The van der Waals surface area contributed by atoms with Crippen LogP contribution in [0.3, 0.4) is 0 Å². The summed E-state index contributed by atoms with van der Waals surface area (Å²) < 4.78 is 0. The molecule has 0 bridgehead atoms. The average molecular weight is 270 g/mol. The molecule has 3 N–H and O–H groups in total. The monoisotopic (exact) mass is 270 g/mol. The summed E-state index contributed by atoms with van der Waals surface area (Å²) in [6.07, 6.45) is 13.5. The zero-order valence-electron chi connectivity index (χ0n) is 11.6. The van der Waals surface area contributed by atoms with E-state index in [1.54, 1.807) is 0 Å². The second kappa shape index (κ2) is 9.58. The van der Waals surface area contributed by atoms with Crippen LogP contribution in [0.5, 0.6) is 0 Å². The molecule has 1 rings (SSSR count). The topological polar surface area (TPSA) is 93.5 Å². The minimum atomic E-state index is -0.752. The SMILES string of the molecule is N/C(=N/[N+](=O)[O-])NC1CCCCCCCCCCC1. The van der Waals surface area contributed by atoms with Crippen LogP contribution >= 0.6 is 0 Å². The van der Waals surface area contributed by atoms with Gasteiger partial charge in [-0.15, -0.1) is 0 Å². The fourth-order valence-electron chi connectivity index (χ4n) is 2.63. The number of hydrogen-bond acceptors (Lipinski definition) is 2. The molecular weight excluding hydrogens is 244 g/mol. The van der Waals surface area contributed by atoms with E-state index in [1.165, 1.54) is 44.9 Å². The molecule has 0 aromatic heterocycles. The first-order chi connectivity index (χ1) is 9.18. The maximum absolute atomic E-state index is 10.3. The lowest BCUT2D eigenvalue weighted by Gasteiger charge is -2.18. The summed E-state index contributed by atoms with van der Waals surface area (Å²) in [5.41, 5.74) is 5.52. The van der Waals surface area contributed by atoms with E-state index < -0.39 is 5.03 Å². The van der Waals surface area contributed by atoms with E-state index in [1.807, 2.05) is 0 Å². The largest absolute Gasteiger partial charge is 0.365 e. The lowest BCUT2D eigenvalue weighted by Crippen LogP contribution is -2.40. The normalized spacial score (nSPS) is 21.2. The minimum absolute atomic E-state index is 0.0675. The van der Waals surface area contributed by atoms with Crippen molar-refractivity contribution in [2.75, 3.05) is 0 Å². The number of nitrogens with two attached hydrogens (primary N) is 1. The fourth-order valence-corrected chi connectivity index (χ4v) is 2.63. The summed E-state index contributed by atoms with van der Waals surface area (Å²) in [6, 6.07) is 0.225. The van der Waals surface area contributed by atoms with Gasteiger partial charge >= 0.3 is 0 Å². The van der Waals surface area contributed by atoms with Crippen LogP contribution in [0.25, 0.3) is 0 Å². The van der Waals surface area contributed by atoms with Gasteiger partial charge in [-0.2, -0.15) is 0 Å². The molecule has 110 valence electrons. The first kappa shape index (κ1) is 15.7. The summed E-state index contributed by atoms with van der Waals surface area (Å²) in [5.74, 6) is -0.0675. The molecule has 1 saturated carbocycles. The van der Waals surface area contributed by atoms with Crippen molar-refractivity contribution in [2.24, 2.45) is 10.8 Å². The predicted octanol–water partition coefficient (Wildman–Crippen LogP) is 2.76. The maximum atomic E-state index is 10.3. The standard InChI is InChI=1S/C13H26N4O2/c14-13(16-17(18)19)15-12-10-8-6-4-2-1-3-5-7-9-11-12/h12H,1-11H2,(H3,14,15,16). The number of guanidine groups is 1. The van der Waals surface area contributed by atoms with Gasteiger partial charge in [-0.25, -0.2) is 10.1 Å². The van der Waals surface area contributed by atoms with Crippen molar-refractivity contribution in [1.29, 1.82) is 0 Å². The van der Waals surface area contributed by atoms with Crippen LogP contribution in [0.15, 0.2) is 5.10 Å². The molecule has 1 aliphatic carbocycles. The van der Waals surface area contributed by atoms with E-state index in [-0.39, 0.29) is 12.0 Å². The van der Waals surface area contributed by atoms with E-state index in [9.17, 15) is 10.1 Å². The number of nitro groups is 1. The van der Waals surface area contributed by atoms with Gasteiger partial charge in [0.1, 0.15) is 5.10 Å². The lowest BCUT2D eigenvalue weighted by atomic mass is 9.98. The van der Waals surface area contributed by atoms with Gasteiger partial charge < -0.3 is 11.1 Å². The molecule has 0 spiro atoms. The van der Waals surface area contributed by atoms with Gasteiger partial charge in [-0.3, -0.25) is 0 Å². The summed E-state index contributed by atoms with van der Waals surface area (Å²) in [6.45, 7) is 0. The van der Waals surface area contributed by atoms with Crippen LogP contribution in [0, 0.1) is 10.1 Å². The van der Waals surface area contributed by atoms with Crippen molar-refractivity contribution < 1.29 is 5.03 Å². The first-order valence-corrected chi connectivity index (χ1v) is 7.43. The second-order valence-corrected chi connectivity index (χ2v) is 5.32. The zero-order chi connectivity index (χ0) is 13.9. The molecule has 1 aliphatic rings. The highest BCUT2D eigenvalue weighted by atomic mass is 16.7. The fraction of sp³-hybridized carbons (Fsp3) is 0.923. The van der Waals surface area contributed by atoms with Gasteiger partial charge in [0.05, 0.1) is 0 Å². The summed E-state index contributed by atoms with van der Waals surface area (Å²) in [7, 11) is 0. The molecule has 0 heterocycles. The molecular formula is C13H26N4O2. The summed E-state index contributed by atoms with van der Waals surface area (Å²) in [4.78, 5) is 10.3. The smallest absolute Gasteiger partial charge is 0.266 e. The molecule has 0 aromatic rings. The first-order valence-electron chi connectivity index (χ1n) is 7.43. The third-order valence-electron chi connectivity index (χ3n) is 3.65. The molecule has 0 amide bonds. The average Bonchev–Trinajstić information content (AvgIpc) is 2.31. The molecule has 0 atom stereocenters. The number of hydrogen-bond donors (Lipinski definition) is 2. The van der Waals surface area contributed by atoms with E-state index in [0.717, 1.165) is 25.7 Å². The van der Waals surface area contributed by atoms with Gasteiger partial charge in [0.2, 0.25) is 0 Å².